The topological polar surface area (TPSA) is 37.3 Å². The second kappa shape index (κ2) is 4.28. The maximum absolute atomic E-state index is 12.7. The first-order chi connectivity index (χ1) is 6.54. The molecule has 0 bridgehead atoms. The van der Waals surface area contributed by atoms with Crippen LogP contribution in [0.2, 0.25) is 0 Å². The Morgan fingerprint density at radius 1 is 1.36 bits per heavy atom. The summed E-state index contributed by atoms with van der Waals surface area (Å²) in [6.45, 7) is 1.61. The van der Waals surface area contributed by atoms with E-state index in [1.54, 1.807) is 6.92 Å². The van der Waals surface area contributed by atoms with Crippen molar-refractivity contribution in [3.63, 3.8) is 0 Å². The van der Waals surface area contributed by atoms with E-state index in [1.807, 2.05) is 0 Å². The van der Waals surface area contributed by atoms with Crippen molar-refractivity contribution < 1.29 is 18.7 Å². The van der Waals surface area contributed by atoms with Gasteiger partial charge in [-0.25, -0.2) is 8.78 Å². The molecule has 1 rings (SSSR count). The molecule has 2 nitrogen and oxygen atoms in total. The van der Waals surface area contributed by atoms with E-state index in [1.165, 1.54) is 0 Å². The summed E-state index contributed by atoms with van der Waals surface area (Å²) in [6.07, 6.45) is -0.979. The van der Waals surface area contributed by atoms with Gasteiger partial charge in [0.05, 0.1) is 0 Å². The highest BCUT2D eigenvalue weighted by molar-refractivity contribution is 5.99. The molecule has 76 valence electrons. The van der Waals surface area contributed by atoms with Gasteiger partial charge in [0.2, 0.25) is 0 Å². The van der Waals surface area contributed by atoms with E-state index >= 15 is 0 Å². The molecule has 4 heteroatoms. The molecule has 14 heavy (non-hydrogen) atoms. The lowest BCUT2D eigenvalue weighted by atomic mass is 10.0. The van der Waals surface area contributed by atoms with Crippen molar-refractivity contribution in [2.45, 2.75) is 19.4 Å². The maximum atomic E-state index is 12.7. The van der Waals surface area contributed by atoms with Crippen LogP contribution in [0.15, 0.2) is 18.2 Å². The highest BCUT2D eigenvalue weighted by Crippen LogP contribution is 2.11. The van der Waals surface area contributed by atoms with Crippen molar-refractivity contribution >= 4 is 5.78 Å². The van der Waals surface area contributed by atoms with Gasteiger partial charge in [0, 0.05) is 11.6 Å². The lowest BCUT2D eigenvalue weighted by Crippen LogP contribution is -2.19. The smallest absolute Gasteiger partial charge is 0.191 e. The normalized spacial score (nSPS) is 12.6. The number of ketones is 1. The van der Waals surface area contributed by atoms with Gasteiger partial charge in [0.15, 0.2) is 5.78 Å². The molecule has 0 spiro atoms. The second-order valence-corrected chi connectivity index (χ2v) is 2.95. The summed E-state index contributed by atoms with van der Waals surface area (Å²) >= 11 is 0. The minimum absolute atomic E-state index is 0.142. The molecule has 0 fully saturated rings. The summed E-state index contributed by atoms with van der Waals surface area (Å²) in [5.74, 6) is -2.31. The fraction of sp³-hybridized carbons (Fsp3) is 0.300. The predicted octanol–water partition coefficient (Wildman–Crippen LogP) is 1.92. The van der Waals surface area contributed by atoms with Crippen molar-refractivity contribution in [1.29, 1.82) is 0 Å². The summed E-state index contributed by atoms with van der Waals surface area (Å²) in [4.78, 5) is 11.3. The Hall–Kier alpha value is -1.29. The van der Waals surface area contributed by atoms with Crippen molar-refractivity contribution in [3.8, 4) is 0 Å². The van der Waals surface area contributed by atoms with Gasteiger partial charge in [-0.05, 0) is 18.6 Å². The van der Waals surface area contributed by atoms with E-state index < -0.39 is 23.5 Å². The lowest BCUT2D eigenvalue weighted by molar-refractivity contribution is 0.0740. The van der Waals surface area contributed by atoms with Gasteiger partial charge >= 0.3 is 0 Å². The number of hydrogen-bond donors (Lipinski definition) is 1. The van der Waals surface area contributed by atoms with Crippen LogP contribution in [0.5, 0.6) is 0 Å². The van der Waals surface area contributed by atoms with Crippen LogP contribution in [0.25, 0.3) is 0 Å². The van der Waals surface area contributed by atoms with E-state index in [9.17, 15) is 13.6 Å². The van der Waals surface area contributed by atoms with Gasteiger partial charge in [0.25, 0.3) is 0 Å². The molecule has 0 radical (unpaired) electrons. The SMILES string of the molecule is CCC(O)C(=O)c1cc(F)cc(F)c1. The molecule has 1 aromatic carbocycles. The Bertz CT molecular complexity index is 330. The molecule has 0 aliphatic rings. The average molecular weight is 200 g/mol. The Labute approximate surface area is 80.2 Å². The standard InChI is InChI=1S/C10H10F2O2/c1-2-9(13)10(14)6-3-7(11)5-8(12)4-6/h3-5,9,13H,2H2,1H3. The van der Waals surface area contributed by atoms with Crippen LogP contribution in [0, 0.1) is 11.6 Å². The first-order valence-corrected chi connectivity index (χ1v) is 4.23. The zero-order valence-electron chi connectivity index (χ0n) is 7.63. The average Bonchev–Trinajstić information content (AvgIpc) is 2.14. The van der Waals surface area contributed by atoms with Gasteiger partial charge < -0.3 is 5.11 Å². The van der Waals surface area contributed by atoms with Gasteiger partial charge in [-0.1, -0.05) is 6.92 Å². The van der Waals surface area contributed by atoms with Crippen LogP contribution < -0.4 is 0 Å². The van der Waals surface area contributed by atoms with Gasteiger partial charge in [-0.3, -0.25) is 4.79 Å². The molecule has 0 amide bonds. The number of carbonyl (C=O) groups excluding carboxylic acids is 1. The molecule has 0 aliphatic carbocycles. The number of hydrogen-bond acceptors (Lipinski definition) is 2. The quantitative estimate of drug-likeness (QED) is 0.757. The minimum Gasteiger partial charge on any atom is -0.385 e. The third-order valence-corrected chi connectivity index (χ3v) is 1.84. The molecule has 1 atom stereocenters. The zero-order chi connectivity index (χ0) is 10.7. The molecule has 1 N–H and O–H groups in total. The molecule has 1 unspecified atom stereocenters. The van der Waals surface area contributed by atoms with Crippen LogP contribution >= 0.6 is 0 Å². The highest BCUT2D eigenvalue weighted by Gasteiger charge is 2.16. The number of aliphatic hydroxyl groups is 1. The number of aliphatic hydroxyl groups excluding tert-OH is 1. The second-order valence-electron chi connectivity index (χ2n) is 2.95. The van der Waals surface area contributed by atoms with E-state index in [2.05, 4.69) is 0 Å². The fourth-order valence-electron chi connectivity index (χ4n) is 1.07. The summed E-state index contributed by atoms with van der Waals surface area (Å²) in [7, 11) is 0. The number of halogens is 2. The minimum atomic E-state index is -1.20. The van der Waals surface area contributed by atoms with E-state index in [4.69, 9.17) is 5.11 Å². The molecule has 0 aliphatic heterocycles. The van der Waals surface area contributed by atoms with Crippen molar-refractivity contribution in [2.24, 2.45) is 0 Å². The van der Waals surface area contributed by atoms with Crippen LogP contribution in [-0.2, 0) is 0 Å². The number of Topliss-reactive ketones (excluding diaryl/α,β-unsaturated/α-hetero) is 1. The van der Waals surface area contributed by atoms with Crippen LogP contribution in [0.1, 0.15) is 23.7 Å². The Morgan fingerprint density at radius 2 is 1.86 bits per heavy atom. The first-order valence-electron chi connectivity index (χ1n) is 4.23. The first kappa shape index (κ1) is 10.8. The Morgan fingerprint density at radius 3 is 2.29 bits per heavy atom. The molecular formula is C10H10F2O2. The summed E-state index contributed by atoms with van der Waals surface area (Å²) < 4.78 is 25.4. The lowest BCUT2D eigenvalue weighted by Gasteiger charge is -2.06. The molecule has 0 heterocycles. The monoisotopic (exact) mass is 200 g/mol. The van der Waals surface area contributed by atoms with Gasteiger partial charge in [-0.2, -0.15) is 0 Å². The number of benzene rings is 1. The van der Waals surface area contributed by atoms with E-state index in [0.29, 0.717) is 6.07 Å². The molecular weight excluding hydrogens is 190 g/mol. The van der Waals surface area contributed by atoms with Crippen LogP contribution in [-0.4, -0.2) is 17.0 Å². The molecule has 1 aromatic rings. The van der Waals surface area contributed by atoms with Gasteiger partial charge in [0.1, 0.15) is 17.7 Å². The zero-order valence-corrected chi connectivity index (χ0v) is 7.63. The largest absolute Gasteiger partial charge is 0.385 e. The van der Waals surface area contributed by atoms with E-state index in [0.717, 1.165) is 12.1 Å². The number of carbonyl (C=O) groups is 1. The van der Waals surface area contributed by atoms with Crippen molar-refractivity contribution in [3.05, 3.63) is 35.4 Å². The number of rotatable bonds is 3. The third-order valence-electron chi connectivity index (χ3n) is 1.84. The van der Waals surface area contributed by atoms with Gasteiger partial charge in [-0.15, -0.1) is 0 Å². The van der Waals surface area contributed by atoms with E-state index in [-0.39, 0.29) is 12.0 Å². The summed E-state index contributed by atoms with van der Waals surface area (Å²) in [5.41, 5.74) is -0.142. The third kappa shape index (κ3) is 2.35. The highest BCUT2D eigenvalue weighted by atomic mass is 19.1. The summed E-state index contributed by atoms with van der Waals surface area (Å²) in [5, 5.41) is 9.17. The summed E-state index contributed by atoms with van der Waals surface area (Å²) in [6, 6.07) is 2.49. The molecule has 0 saturated heterocycles. The fourth-order valence-corrected chi connectivity index (χ4v) is 1.07. The Balaban J connectivity index is 3.01. The van der Waals surface area contributed by atoms with Crippen LogP contribution in [0.4, 0.5) is 8.78 Å². The van der Waals surface area contributed by atoms with Crippen LogP contribution in [0.3, 0.4) is 0 Å². The maximum Gasteiger partial charge on any atom is 0.191 e. The molecule has 0 aromatic heterocycles. The van der Waals surface area contributed by atoms with Crippen molar-refractivity contribution in [1.82, 2.24) is 0 Å². The predicted molar refractivity (Wildman–Crippen MR) is 47.0 cm³/mol. The Kier molecular flexibility index (Phi) is 3.30. The van der Waals surface area contributed by atoms with Crippen molar-refractivity contribution in [2.75, 3.05) is 0 Å². The molecule has 0 saturated carbocycles.